The molecule has 1 atom stereocenters. The van der Waals surface area contributed by atoms with E-state index in [1.165, 1.54) is 18.2 Å². The second-order valence-electron chi connectivity index (χ2n) is 12.0. The van der Waals surface area contributed by atoms with Crippen LogP contribution in [0.5, 0.6) is 11.5 Å². The first-order valence-corrected chi connectivity index (χ1v) is 14.8. The van der Waals surface area contributed by atoms with Crippen LogP contribution in [0.3, 0.4) is 0 Å². The Morgan fingerprint density at radius 3 is 2.34 bits per heavy atom. The summed E-state index contributed by atoms with van der Waals surface area (Å²) < 4.78 is 46.4. The van der Waals surface area contributed by atoms with Gasteiger partial charge >= 0.3 is 5.97 Å². The minimum atomic E-state index is -1.35. The molecule has 0 saturated carbocycles. The number of benzene rings is 3. The summed E-state index contributed by atoms with van der Waals surface area (Å²) in [4.78, 5) is 17.5. The lowest BCUT2D eigenvalue weighted by molar-refractivity contribution is -0.160. The second-order valence-corrected chi connectivity index (χ2v) is 12.0. The quantitative estimate of drug-likeness (QED) is 0.208. The van der Waals surface area contributed by atoms with E-state index in [9.17, 15) is 14.3 Å². The van der Waals surface area contributed by atoms with Crippen molar-refractivity contribution in [3.8, 4) is 33.8 Å². The minimum Gasteiger partial charge on any atom is -0.493 e. The third kappa shape index (κ3) is 6.91. The van der Waals surface area contributed by atoms with Crippen molar-refractivity contribution in [2.24, 2.45) is 0 Å². The van der Waals surface area contributed by atoms with Crippen molar-refractivity contribution in [2.75, 3.05) is 13.2 Å². The maximum absolute atomic E-state index is 15.5. The fourth-order valence-electron chi connectivity index (χ4n) is 5.66. The number of aliphatic carboxylic acids is 1. The largest absolute Gasteiger partial charge is 0.493 e. The van der Waals surface area contributed by atoms with Crippen molar-refractivity contribution in [3.63, 3.8) is 0 Å². The smallest absolute Gasteiger partial charge is 0.337 e. The molecule has 6 nitrogen and oxygen atoms in total. The zero-order valence-corrected chi connectivity index (χ0v) is 25.7. The Morgan fingerprint density at radius 1 is 0.977 bits per heavy atom. The number of rotatable bonds is 9. The molecule has 0 amide bonds. The van der Waals surface area contributed by atoms with Crippen LogP contribution in [0.4, 0.5) is 8.78 Å². The first kappa shape index (κ1) is 31.1. The molecule has 1 aromatic heterocycles. The molecule has 1 aliphatic heterocycles. The van der Waals surface area contributed by atoms with Gasteiger partial charge in [-0.05, 0) is 112 Å². The number of carbonyl (C=O) groups is 1. The predicted octanol–water partition coefficient (Wildman–Crippen LogP) is 8.20. The fourth-order valence-corrected chi connectivity index (χ4v) is 5.66. The molecular formula is C36H37F2NO5. The maximum Gasteiger partial charge on any atom is 0.337 e. The third-order valence-corrected chi connectivity index (χ3v) is 7.53. The molecule has 0 bridgehead atoms. The number of hydrogen-bond donors (Lipinski definition) is 1. The van der Waals surface area contributed by atoms with Crippen LogP contribution in [-0.2, 0) is 22.4 Å². The van der Waals surface area contributed by atoms with Crippen LogP contribution in [-0.4, -0.2) is 34.9 Å². The molecule has 44 heavy (non-hydrogen) atoms. The molecule has 0 saturated heterocycles. The van der Waals surface area contributed by atoms with Gasteiger partial charge in [0.25, 0.3) is 0 Å². The van der Waals surface area contributed by atoms with E-state index in [2.05, 4.69) is 0 Å². The molecule has 0 fully saturated rings. The number of carboxylic acids is 1. The van der Waals surface area contributed by atoms with Gasteiger partial charge in [-0.25, -0.2) is 13.6 Å². The van der Waals surface area contributed by atoms with Crippen LogP contribution < -0.4 is 9.47 Å². The Hall–Kier alpha value is -4.30. The maximum atomic E-state index is 15.5. The van der Waals surface area contributed by atoms with E-state index in [1.54, 1.807) is 39.8 Å². The summed E-state index contributed by atoms with van der Waals surface area (Å²) >= 11 is 0. The minimum absolute atomic E-state index is 0.244. The van der Waals surface area contributed by atoms with Crippen LogP contribution in [0.2, 0.25) is 0 Å². The summed E-state index contributed by atoms with van der Waals surface area (Å²) in [7, 11) is 0. The first-order valence-electron chi connectivity index (χ1n) is 14.8. The molecule has 0 aliphatic carbocycles. The van der Waals surface area contributed by atoms with Gasteiger partial charge in [-0.3, -0.25) is 4.98 Å². The van der Waals surface area contributed by atoms with E-state index in [0.717, 1.165) is 23.1 Å². The Morgan fingerprint density at radius 2 is 1.68 bits per heavy atom. The summed E-state index contributed by atoms with van der Waals surface area (Å²) in [5.41, 5.74) is 5.02. The average Bonchev–Trinajstić information content (AvgIpc) is 2.97. The first-order chi connectivity index (χ1) is 20.9. The second kappa shape index (κ2) is 12.7. The molecule has 5 rings (SSSR count). The molecule has 230 valence electrons. The Kier molecular flexibility index (Phi) is 9.02. The summed E-state index contributed by atoms with van der Waals surface area (Å²) in [5, 5.41) is 10.4. The van der Waals surface area contributed by atoms with Gasteiger partial charge in [0.05, 0.1) is 18.8 Å². The van der Waals surface area contributed by atoms with Crippen LogP contribution in [0.15, 0.2) is 60.7 Å². The monoisotopic (exact) mass is 601 g/mol. The highest BCUT2D eigenvalue weighted by Crippen LogP contribution is 2.45. The Labute approximate surface area is 256 Å². The molecule has 2 heterocycles. The highest BCUT2D eigenvalue weighted by molar-refractivity contribution is 5.91. The van der Waals surface area contributed by atoms with Crippen LogP contribution in [0, 0.1) is 25.5 Å². The lowest BCUT2D eigenvalue weighted by Gasteiger charge is -2.29. The zero-order valence-electron chi connectivity index (χ0n) is 25.7. The summed E-state index contributed by atoms with van der Waals surface area (Å²) in [6.07, 6.45) is 0.686. The number of pyridine rings is 1. The van der Waals surface area contributed by atoms with Gasteiger partial charge in [0.1, 0.15) is 11.6 Å². The molecule has 3 aromatic carbocycles. The SMILES string of the molecule is Cc1nc(C)c([C@H](OC(C)(C)C)C(=O)O)c(-c2cc(F)c3c(c2)CCCO3)c1-c1ccc(OCCc2ccc(F)cc2)cc1. The summed E-state index contributed by atoms with van der Waals surface area (Å²) in [6, 6.07) is 17.1. The summed E-state index contributed by atoms with van der Waals surface area (Å²) in [6.45, 7) is 9.87. The third-order valence-electron chi connectivity index (χ3n) is 7.53. The number of aryl methyl sites for hydroxylation is 3. The van der Waals surface area contributed by atoms with Gasteiger partial charge in [0.2, 0.25) is 0 Å². The van der Waals surface area contributed by atoms with Gasteiger partial charge in [-0.15, -0.1) is 0 Å². The zero-order chi connectivity index (χ0) is 31.6. The van der Waals surface area contributed by atoms with Crippen LogP contribution >= 0.6 is 0 Å². The van der Waals surface area contributed by atoms with E-state index in [-0.39, 0.29) is 11.6 Å². The molecule has 4 aromatic rings. The number of halogens is 2. The van der Waals surface area contributed by atoms with Gasteiger partial charge in [-0.2, -0.15) is 0 Å². The van der Waals surface area contributed by atoms with E-state index in [0.29, 0.717) is 65.4 Å². The van der Waals surface area contributed by atoms with Gasteiger partial charge in [-0.1, -0.05) is 24.3 Å². The van der Waals surface area contributed by atoms with Gasteiger partial charge < -0.3 is 19.3 Å². The van der Waals surface area contributed by atoms with Crippen LogP contribution in [0.1, 0.15) is 61.4 Å². The highest BCUT2D eigenvalue weighted by atomic mass is 19.1. The van der Waals surface area contributed by atoms with Crippen molar-refractivity contribution in [3.05, 3.63) is 100 Å². The molecule has 0 radical (unpaired) electrons. The van der Waals surface area contributed by atoms with Crippen molar-refractivity contribution in [1.82, 2.24) is 4.98 Å². The van der Waals surface area contributed by atoms with Crippen molar-refractivity contribution < 1.29 is 32.9 Å². The van der Waals surface area contributed by atoms with Crippen molar-refractivity contribution in [2.45, 2.75) is 65.6 Å². The molecule has 0 spiro atoms. The topological polar surface area (TPSA) is 77.9 Å². The molecule has 1 aliphatic rings. The van der Waals surface area contributed by atoms with Crippen molar-refractivity contribution in [1.29, 1.82) is 0 Å². The molecule has 1 N–H and O–H groups in total. The van der Waals surface area contributed by atoms with Crippen LogP contribution in [0.25, 0.3) is 22.3 Å². The lowest BCUT2D eigenvalue weighted by Crippen LogP contribution is -2.28. The number of aromatic nitrogens is 1. The number of nitrogens with zero attached hydrogens (tertiary/aromatic N) is 1. The summed E-state index contributed by atoms with van der Waals surface area (Å²) in [5.74, 6) is -1.04. The predicted molar refractivity (Wildman–Crippen MR) is 165 cm³/mol. The number of hydrogen-bond acceptors (Lipinski definition) is 5. The molecule has 8 heteroatoms. The number of carboxylic acid groups (broad SMARTS) is 1. The average molecular weight is 602 g/mol. The standard InChI is InChI=1S/C36H37F2NO5/c1-21-30(24-10-14-28(15-11-24)42-18-16-23-8-12-27(37)13-9-23)32(26-19-25-7-6-17-43-33(25)29(38)20-26)31(22(2)39-21)34(35(40)41)44-36(3,4)5/h8-15,19-20,34H,6-7,16-18H2,1-5H3,(H,40,41)/t34-/m0/s1. The Bertz CT molecular complexity index is 1660. The number of fused-ring (bicyclic) bond motifs is 1. The Balaban J connectivity index is 1.60. The lowest BCUT2D eigenvalue weighted by atomic mass is 9.85. The molecular weight excluding hydrogens is 564 g/mol. The van der Waals surface area contributed by atoms with Crippen molar-refractivity contribution >= 4 is 5.97 Å². The number of ether oxygens (including phenoxy) is 3. The van der Waals surface area contributed by atoms with E-state index < -0.39 is 23.5 Å². The van der Waals surface area contributed by atoms with E-state index in [4.69, 9.17) is 19.2 Å². The highest BCUT2D eigenvalue weighted by Gasteiger charge is 2.34. The fraction of sp³-hybridized carbons (Fsp3) is 0.333. The normalized spacial score (nSPS) is 13.6. The van der Waals surface area contributed by atoms with Gasteiger partial charge in [0, 0.05) is 28.9 Å². The van der Waals surface area contributed by atoms with Gasteiger partial charge in [0.15, 0.2) is 17.7 Å². The molecule has 0 unspecified atom stereocenters. The van der Waals surface area contributed by atoms with E-state index in [1.807, 2.05) is 37.3 Å². The van der Waals surface area contributed by atoms with E-state index >= 15 is 4.39 Å².